The molecule has 2 aromatic heterocycles. The molecule has 204 valence electrons. The third-order valence-electron chi connectivity index (χ3n) is 6.74. The Kier molecular flexibility index (Phi) is 7.47. The number of ether oxygens (including phenoxy) is 1. The van der Waals surface area contributed by atoms with Crippen LogP contribution < -0.4 is 10.5 Å². The molecule has 2 aromatic carbocycles. The maximum Gasteiger partial charge on any atom is 0.394 e. The van der Waals surface area contributed by atoms with Gasteiger partial charge in [-0.1, -0.05) is 29.4 Å². The Morgan fingerprint density at radius 3 is 2.59 bits per heavy atom. The summed E-state index contributed by atoms with van der Waals surface area (Å²) >= 11 is 0. The minimum Gasteiger partial charge on any atom is -0.433 e. The van der Waals surface area contributed by atoms with Crippen molar-refractivity contribution in [1.29, 1.82) is 0 Å². The first-order valence-electron chi connectivity index (χ1n) is 13.0. The number of allylic oxidation sites excluding steroid dienone is 1. The Hall–Kier alpha value is -4.05. The fourth-order valence-corrected chi connectivity index (χ4v) is 4.77. The SMILES string of the molecule is CC=C(c1cccc(Cn2nc(-c3nc(-c4ccc(OC(C)(F)F)cc4)no3)cc2C)c1)N1CCC(N)CC1. The van der Waals surface area contributed by atoms with Crippen molar-refractivity contribution in [3.05, 3.63) is 77.5 Å². The molecular formula is C29H32F2N6O2. The van der Waals surface area contributed by atoms with Crippen molar-refractivity contribution in [2.75, 3.05) is 13.1 Å². The van der Waals surface area contributed by atoms with Crippen molar-refractivity contribution < 1.29 is 18.0 Å². The third kappa shape index (κ3) is 6.34. The molecule has 1 fully saturated rings. The molecule has 1 aliphatic heterocycles. The molecule has 3 heterocycles. The maximum atomic E-state index is 13.1. The standard InChI is InChI=1S/C29H32F2N6O2/c1-4-26(36-14-12-23(32)13-15-36)22-7-5-6-20(17-22)18-37-19(2)16-25(34-37)28-33-27(35-39-28)21-8-10-24(11-9-21)38-29(3,30)31/h4-11,16-17,23H,12-15,18,32H2,1-3H3. The zero-order chi connectivity index (χ0) is 27.6. The van der Waals surface area contributed by atoms with Crippen molar-refractivity contribution in [2.45, 2.75) is 52.3 Å². The van der Waals surface area contributed by atoms with Crippen LogP contribution in [-0.4, -0.2) is 50.1 Å². The van der Waals surface area contributed by atoms with Crippen LogP contribution in [0.15, 0.2) is 65.2 Å². The van der Waals surface area contributed by atoms with Crippen molar-refractivity contribution in [2.24, 2.45) is 5.73 Å². The molecule has 1 saturated heterocycles. The molecule has 0 spiro atoms. The van der Waals surface area contributed by atoms with E-state index in [0.29, 0.717) is 30.6 Å². The van der Waals surface area contributed by atoms with Crippen LogP contribution in [0.5, 0.6) is 5.75 Å². The number of nitrogens with zero attached hydrogens (tertiary/aromatic N) is 5. The highest BCUT2D eigenvalue weighted by atomic mass is 19.3. The zero-order valence-corrected chi connectivity index (χ0v) is 22.3. The predicted molar refractivity (Wildman–Crippen MR) is 145 cm³/mol. The second kappa shape index (κ2) is 11.0. The average Bonchev–Trinajstić information content (AvgIpc) is 3.53. The van der Waals surface area contributed by atoms with E-state index in [9.17, 15) is 8.78 Å². The highest BCUT2D eigenvalue weighted by Gasteiger charge is 2.23. The summed E-state index contributed by atoms with van der Waals surface area (Å²) in [4.78, 5) is 6.87. The number of rotatable bonds is 8. The summed E-state index contributed by atoms with van der Waals surface area (Å²) < 4.78 is 38.1. The Labute approximate surface area is 226 Å². The number of aromatic nitrogens is 4. The van der Waals surface area contributed by atoms with Gasteiger partial charge in [-0.25, -0.2) is 0 Å². The number of hydrogen-bond acceptors (Lipinski definition) is 7. The number of halogens is 2. The van der Waals surface area contributed by atoms with Crippen LogP contribution in [0, 0.1) is 6.92 Å². The molecule has 0 saturated carbocycles. The molecule has 0 radical (unpaired) electrons. The number of alkyl halides is 2. The van der Waals surface area contributed by atoms with Gasteiger partial charge in [-0.3, -0.25) is 4.68 Å². The van der Waals surface area contributed by atoms with E-state index in [1.54, 1.807) is 12.1 Å². The van der Waals surface area contributed by atoms with E-state index in [1.807, 2.05) is 17.7 Å². The molecule has 0 amide bonds. The van der Waals surface area contributed by atoms with Gasteiger partial charge in [0.2, 0.25) is 5.82 Å². The van der Waals surface area contributed by atoms with Crippen LogP contribution in [-0.2, 0) is 6.54 Å². The summed E-state index contributed by atoms with van der Waals surface area (Å²) in [5.74, 6) is 0.660. The summed E-state index contributed by atoms with van der Waals surface area (Å²) in [5, 5.41) is 8.74. The molecule has 10 heteroatoms. The van der Waals surface area contributed by atoms with Crippen molar-refractivity contribution in [3.8, 4) is 28.7 Å². The van der Waals surface area contributed by atoms with E-state index in [4.69, 9.17) is 15.4 Å². The molecule has 4 aromatic rings. The summed E-state index contributed by atoms with van der Waals surface area (Å²) in [6, 6.07) is 16.8. The van der Waals surface area contributed by atoms with E-state index < -0.39 is 6.11 Å². The van der Waals surface area contributed by atoms with Gasteiger partial charge in [-0.15, -0.1) is 0 Å². The normalized spacial score (nSPS) is 15.1. The molecule has 0 aliphatic carbocycles. The fourth-order valence-electron chi connectivity index (χ4n) is 4.77. The smallest absolute Gasteiger partial charge is 0.394 e. The van der Waals surface area contributed by atoms with Crippen LogP contribution >= 0.6 is 0 Å². The number of aryl methyl sites for hydroxylation is 1. The number of hydrogen-bond donors (Lipinski definition) is 1. The largest absolute Gasteiger partial charge is 0.433 e. The number of benzene rings is 2. The van der Waals surface area contributed by atoms with Gasteiger partial charge in [0.25, 0.3) is 5.89 Å². The molecular weight excluding hydrogens is 502 g/mol. The van der Waals surface area contributed by atoms with Gasteiger partial charge >= 0.3 is 6.11 Å². The Bertz CT molecular complexity index is 1450. The third-order valence-corrected chi connectivity index (χ3v) is 6.74. The minimum absolute atomic E-state index is 0.0510. The quantitative estimate of drug-likeness (QED) is 0.308. The van der Waals surface area contributed by atoms with E-state index in [2.05, 4.69) is 57.0 Å². The van der Waals surface area contributed by atoms with Crippen LogP contribution in [0.2, 0.25) is 0 Å². The van der Waals surface area contributed by atoms with Gasteiger partial charge in [-0.2, -0.15) is 18.9 Å². The van der Waals surface area contributed by atoms with Gasteiger partial charge in [0.15, 0.2) is 5.69 Å². The van der Waals surface area contributed by atoms with E-state index in [0.717, 1.165) is 37.2 Å². The van der Waals surface area contributed by atoms with Crippen molar-refractivity contribution in [3.63, 3.8) is 0 Å². The highest BCUT2D eigenvalue weighted by Crippen LogP contribution is 2.27. The second-order valence-electron chi connectivity index (χ2n) is 9.88. The second-order valence-corrected chi connectivity index (χ2v) is 9.88. The first-order chi connectivity index (χ1) is 18.7. The topological polar surface area (TPSA) is 95.2 Å². The summed E-state index contributed by atoms with van der Waals surface area (Å²) in [6.45, 7) is 7.26. The van der Waals surface area contributed by atoms with Gasteiger partial charge in [-0.05, 0) is 74.2 Å². The molecule has 0 atom stereocenters. The molecule has 0 unspecified atom stereocenters. The fraction of sp³-hybridized carbons (Fsp3) is 0.345. The summed E-state index contributed by atoms with van der Waals surface area (Å²) in [5.41, 5.74) is 11.8. The van der Waals surface area contributed by atoms with Crippen LogP contribution in [0.1, 0.15) is 43.5 Å². The summed E-state index contributed by atoms with van der Waals surface area (Å²) in [6.07, 6.45) is 0.915. The lowest BCUT2D eigenvalue weighted by atomic mass is 10.0. The predicted octanol–water partition coefficient (Wildman–Crippen LogP) is 5.73. The van der Waals surface area contributed by atoms with Crippen molar-refractivity contribution >= 4 is 5.70 Å². The Morgan fingerprint density at radius 1 is 1.15 bits per heavy atom. The van der Waals surface area contributed by atoms with E-state index >= 15 is 0 Å². The molecule has 1 aliphatic rings. The van der Waals surface area contributed by atoms with Gasteiger partial charge in [0, 0.05) is 43.0 Å². The number of nitrogens with two attached hydrogens (primary N) is 1. The lowest BCUT2D eigenvalue weighted by Gasteiger charge is -2.34. The molecule has 5 rings (SSSR count). The highest BCUT2D eigenvalue weighted by molar-refractivity contribution is 5.64. The zero-order valence-electron chi connectivity index (χ0n) is 22.3. The number of piperidine rings is 1. The first kappa shape index (κ1) is 26.6. The van der Waals surface area contributed by atoms with Crippen LogP contribution in [0.3, 0.4) is 0 Å². The molecule has 8 nitrogen and oxygen atoms in total. The lowest BCUT2D eigenvalue weighted by Crippen LogP contribution is -2.38. The van der Waals surface area contributed by atoms with Crippen LogP contribution in [0.4, 0.5) is 8.78 Å². The van der Waals surface area contributed by atoms with Gasteiger partial charge in [0.05, 0.1) is 6.54 Å². The van der Waals surface area contributed by atoms with E-state index in [1.165, 1.54) is 23.4 Å². The summed E-state index contributed by atoms with van der Waals surface area (Å²) in [7, 11) is 0. The first-order valence-corrected chi connectivity index (χ1v) is 13.0. The van der Waals surface area contributed by atoms with E-state index in [-0.39, 0.29) is 17.7 Å². The maximum absolute atomic E-state index is 13.1. The molecule has 2 N–H and O–H groups in total. The monoisotopic (exact) mass is 534 g/mol. The Balaban J connectivity index is 1.30. The average molecular weight is 535 g/mol. The van der Waals surface area contributed by atoms with Crippen molar-refractivity contribution in [1.82, 2.24) is 24.8 Å². The van der Waals surface area contributed by atoms with Crippen LogP contribution in [0.25, 0.3) is 28.7 Å². The minimum atomic E-state index is -3.25. The number of likely N-dealkylation sites (tertiary alicyclic amines) is 1. The van der Waals surface area contributed by atoms with Gasteiger partial charge in [0.1, 0.15) is 5.75 Å². The molecule has 0 bridgehead atoms. The van der Waals surface area contributed by atoms with Gasteiger partial charge < -0.3 is 19.9 Å². The Morgan fingerprint density at radius 2 is 1.90 bits per heavy atom. The lowest BCUT2D eigenvalue weighted by molar-refractivity contribution is -0.158. The molecule has 39 heavy (non-hydrogen) atoms.